The summed E-state index contributed by atoms with van der Waals surface area (Å²) in [5.41, 5.74) is 0. The lowest BCUT2D eigenvalue weighted by atomic mass is 10.2. The van der Waals surface area contributed by atoms with Gasteiger partial charge in [0.25, 0.3) is 0 Å². The molecule has 86 valence electrons. The van der Waals surface area contributed by atoms with Gasteiger partial charge in [-0.1, -0.05) is 25.2 Å². The van der Waals surface area contributed by atoms with Gasteiger partial charge in [0.05, 0.1) is 9.98 Å². The van der Waals surface area contributed by atoms with Crippen molar-refractivity contribution in [3.8, 4) is 0 Å². The monoisotopic (exact) mass is 313 g/mol. The molecular formula is C7H12BrN3O2S2. The largest absolute Gasteiger partial charge is 0.300 e. The van der Waals surface area contributed by atoms with Gasteiger partial charge in [0.2, 0.25) is 0 Å². The third-order valence-corrected chi connectivity index (χ3v) is 3.91. The van der Waals surface area contributed by atoms with Gasteiger partial charge < -0.3 is 0 Å². The molecule has 0 atom stereocenters. The summed E-state index contributed by atoms with van der Waals surface area (Å²) in [5.74, 6) is 0.268. The van der Waals surface area contributed by atoms with Gasteiger partial charge in [-0.3, -0.25) is 0 Å². The molecule has 0 spiro atoms. The number of nitrogens with zero attached hydrogens (tertiary/aromatic N) is 1. The topological polar surface area (TPSA) is 71.1 Å². The van der Waals surface area contributed by atoms with Crippen molar-refractivity contribution in [2.24, 2.45) is 5.92 Å². The molecule has 1 heterocycles. The number of aromatic nitrogens is 1. The van der Waals surface area contributed by atoms with E-state index in [2.05, 4.69) is 30.4 Å². The Morgan fingerprint density at radius 1 is 1.60 bits per heavy atom. The average molecular weight is 314 g/mol. The van der Waals surface area contributed by atoms with Gasteiger partial charge in [0.15, 0.2) is 5.13 Å². The van der Waals surface area contributed by atoms with Crippen LogP contribution in [0.25, 0.3) is 0 Å². The van der Waals surface area contributed by atoms with E-state index in [9.17, 15) is 8.42 Å². The van der Waals surface area contributed by atoms with Crippen LogP contribution in [0, 0.1) is 5.92 Å². The molecule has 1 aromatic heterocycles. The quantitative estimate of drug-likeness (QED) is 0.871. The molecule has 0 bridgehead atoms. The molecule has 0 aliphatic rings. The number of thiazole rings is 1. The highest BCUT2D eigenvalue weighted by atomic mass is 79.9. The fraction of sp³-hybridized carbons (Fsp3) is 0.571. The molecule has 1 aromatic rings. The molecule has 0 radical (unpaired) electrons. The first kappa shape index (κ1) is 12.9. The maximum absolute atomic E-state index is 11.4. The zero-order valence-electron chi connectivity index (χ0n) is 8.32. The summed E-state index contributed by atoms with van der Waals surface area (Å²) >= 11 is 4.43. The lowest BCUT2D eigenvalue weighted by Gasteiger charge is -2.08. The van der Waals surface area contributed by atoms with Gasteiger partial charge in [-0.05, 0) is 21.8 Å². The summed E-state index contributed by atoms with van der Waals surface area (Å²) in [6.45, 7) is 4.27. The lowest BCUT2D eigenvalue weighted by Crippen LogP contribution is -2.32. The van der Waals surface area contributed by atoms with Crippen LogP contribution in [0.4, 0.5) is 5.13 Å². The van der Waals surface area contributed by atoms with E-state index in [0.29, 0.717) is 11.7 Å². The van der Waals surface area contributed by atoms with E-state index in [-0.39, 0.29) is 5.92 Å². The molecule has 0 unspecified atom stereocenters. The van der Waals surface area contributed by atoms with Crippen molar-refractivity contribution >= 4 is 42.6 Å². The van der Waals surface area contributed by atoms with Gasteiger partial charge in [0.1, 0.15) is 0 Å². The molecule has 0 saturated heterocycles. The van der Waals surface area contributed by atoms with Crippen molar-refractivity contribution in [1.82, 2.24) is 9.71 Å². The van der Waals surface area contributed by atoms with E-state index in [0.717, 1.165) is 3.79 Å². The minimum absolute atomic E-state index is 0.268. The van der Waals surface area contributed by atoms with Crippen molar-refractivity contribution in [3.63, 3.8) is 0 Å². The molecule has 15 heavy (non-hydrogen) atoms. The zero-order chi connectivity index (χ0) is 11.5. The van der Waals surface area contributed by atoms with E-state index in [1.54, 1.807) is 6.20 Å². The second-order valence-corrected chi connectivity index (χ2v) is 7.23. The Morgan fingerprint density at radius 3 is 2.73 bits per heavy atom. The Kier molecular flexibility index (Phi) is 4.50. The van der Waals surface area contributed by atoms with E-state index < -0.39 is 10.2 Å². The minimum Gasteiger partial charge on any atom is -0.246 e. The van der Waals surface area contributed by atoms with E-state index >= 15 is 0 Å². The third-order valence-electron chi connectivity index (χ3n) is 1.38. The lowest BCUT2D eigenvalue weighted by molar-refractivity contribution is 0.565. The van der Waals surface area contributed by atoms with Gasteiger partial charge in [0, 0.05) is 6.54 Å². The number of anilines is 1. The van der Waals surface area contributed by atoms with Crippen LogP contribution in [0.3, 0.4) is 0 Å². The van der Waals surface area contributed by atoms with Crippen molar-refractivity contribution in [1.29, 1.82) is 0 Å². The number of hydrogen-bond acceptors (Lipinski definition) is 4. The van der Waals surface area contributed by atoms with Crippen LogP contribution in [0.5, 0.6) is 0 Å². The first-order chi connectivity index (χ1) is 6.89. The average Bonchev–Trinajstić information content (AvgIpc) is 2.47. The van der Waals surface area contributed by atoms with Gasteiger partial charge in [-0.25, -0.2) is 9.71 Å². The van der Waals surface area contributed by atoms with Crippen molar-refractivity contribution in [2.75, 3.05) is 11.3 Å². The summed E-state index contributed by atoms with van der Waals surface area (Å²) in [6, 6.07) is 0. The summed E-state index contributed by atoms with van der Waals surface area (Å²) in [5, 5.41) is 0.345. The summed E-state index contributed by atoms with van der Waals surface area (Å²) in [4.78, 5) is 3.87. The highest BCUT2D eigenvalue weighted by molar-refractivity contribution is 9.11. The normalized spacial score (nSPS) is 12.0. The van der Waals surface area contributed by atoms with E-state index in [1.807, 2.05) is 13.8 Å². The highest BCUT2D eigenvalue weighted by Crippen LogP contribution is 2.23. The van der Waals surface area contributed by atoms with Crippen LogP contribution in [-0.4, -0.2) is 19.9 Å². The Balaban J connectivity index is 2.57. The number of hydrogen-bond donors (Lipinski definition) is 2. The summed E-state index contributed by atoms with van der Waals surface area (Å²) in [7, 11) is -3.49. The number of nitrogens with one attached hydrogen (secondary N) is 2. The molecule has 0 amide bonds. The maximum Gasteiger partial charge on any atom is 0.300 e. The van der Waals surface area contributed by atoms with Crippen LogP contribution in [0.15, 0.2) is 9.98 Å². The predicted octanol–water partition coefficient (Wildman–Crippen LogP) is 1.81. The Hall–Kier alpha value is -0.180. The molecule has 0 aromatic carbocycles. The van der Waals surface area contributed by atoms with E-state index in [1.165, 1.54) is 11.3 Å². The molecular weight excluding hydrogens is 302 g/mol. The molecule has 0 saturated carbocycles. The molecule has 1 rings (SSSR count). The molecule has 8 heteroatoms. The van der Waals surface area contributed by atoms with Crippen LogP contribution >= 0.6 is 27.3 Å². The second kappa shape index (κ2) is 5.24. The van der Waals surface area contributed by atoms with Crippen LogP contribution in [0.1, 0.15) is 13.8 Å². The minimum atomic E-state index is -3.49. The van der Waals surface area contributed by atoms with Gasteiger partial charge in [-0.15, -0.1) is 0 Å². The molecule has 0 aliphatic carbocycles. The standard InChI is InChI=1S/C7H12BrN3O2S2/c1-5(2)3-10-15(12,13)11-7-9-4-6(8)14-7/h4-5,10H,3H2,1-2H3,(H,9,11). The SMILES string of the molecule is CC(C)CNS(=O)(=O)Nc1ncc(Br)s1. The fourth-order valence-corrected chi connectivity index (χ4v) is 3.09. The summed E-state index contributed by atoms with van der Waals surface area (Å²) in [6.07, 6.45) is 1.55. The number of halogens is 1. The fourth-order valence-electron chi connectivity index (χ4n) is 0.729. The van der Waals surface area contributed by atoms with Crippen molar-refractivity contribution < 1.29 is 8.42 Å². The zero-order valence-corrected chi connectivity index (χ0v) is 11.5. The third kappa shape index (κ3) is 4.92. The highest BCUT2D eigenvalue weighted by Gasteiger charge is 2.12. The molecule has 2 N–H and O–H groups in total. The van der Waals surface area contributed by atoms with Crippen LogP contribution in [0.2, 0.25) is 0 Å². The first-order valence-corrected chi connectivity index (χ1v) is 7.37. The second-order valence-electron chi connectivity index (χ2n) is 3.32. The van der Waals surface area contributed by atoms with Crippen molar-refractivity contribution in [3.05, 3.63) is 9.98 Å². The number of rotatable bonds is 5. The van der Waals surface area contributed by atoms with Crippen LogP contribution < -0.4 is 9.44 Å². The Morgan fingerprint density at radius 2 is 2.27 bits per heavy atom. The Bertz CT molecular complexity index is 416. The predicted molar refractivity (Wildman–Crippen MR) is 65.2 cm³/mol. The Labute approximate surface area is 102 Å². The van der Waals surface area contributed by atoms with Crippen LogP contribution in [-0.2, 0) is 10.2 Å². The molecule has 5 nitrogen and oxygen atoms in total. The smallest absolute Gasteiger partial charge is 0.246 e. The first-order valence-electron chi connectivity index (χ1n) is 4.28. The summed E-state index contributed by atoms with van der Waals surface area (Å²) < 4.78 is 28.4. The van der Waals surface area contributed by atoms with Gasteiger partial charge >= 0.3 is 10.2 Å². The van der Waals surface area contributed by atoms with E-state index in [4.69, 9.17) is 0 Å². The van der Waals surface area contributed by atoms with Gasteiger partial charge in [-0.2, -0.15) is 13.1 Å². The molecule has 0 aliphatic heterocycles. The van der Waals surface area contributed by atoms with Crippen molar-refractivity contribution in [2.45, 2.75) is 13.8 Å². The molecule has 0 fully saturated rings. The maximum atomic E-state index is 11.4.